The van der Waals surface area contributed by atoms with Crippen LogP contribution in [0.4, 0.5) is 4.39 Å². The smallest absolute Gasteiger partial charge is 0.344 e. The van der Waals surface area contributed by atoms with E-state index in [4.69, 9.17) is 0 Å². The second-order valence-corrected chi connectivity index (χ2v) is 8.40. The van der Waals surface area contributed by atoms with Gasteiger partial charge >= 0.3 is 5.69 Å². The minimum absolute atomic E-state index is 0.147. The highest BCUT2D eigenvalue weighted by Gasteiger charge is 2.22. The van der Waals surface area contributed by atoms with Gasteiger partial charge in [-0.1, -0.05) is 54.6 Å². The molecule has 0 saturated heterocycles. The Labute approximate surface area is 201 Å². The number of benzene rings is 3. The molecule has 0 unspecified atom stereocenters. The third-order valence-electron chi connectivity index (χ3n) is 5.94. The normalized spacial score (nSPS) is 11.8. The molecular weight excluding hydrogens is 447 g/mol. The number of aryl methyl sites for hydroxylation is 2. The van der Waals surface area contributed by atoms with Gasteiger partial charge in [0.2, 0.25) is 5.69 Å². The van der Waals surface area contributed by atoms with E-state index in [-0.39, 0.29) is 12.1 Å². The molecule has 0 radical (unpaired) electrons. The minimum Gasteiger partial charge on any atom is -0.344 e. The maximum absolute atomic E-state index is 14.4. The highest BCUT2D eigenvalue weighted by molar-refractivity contribution is 5.92. The number of hydrogen-bond acceptors (Lipinski definition) is 4. The Hall–Kier alpha value is -4.33. The number of aromatic nitrogens is 3. The molecule has 1 amide bonds. The summed E-state index contributed by atoms with van der Waals surface area (Å²) in [7, 11) is 0. The molecule has 0 saturated carbocycles. The zero-order valence-corrected chi connectivity index (χ0v) is 19.7. The second kappa shape index (κ2) is 9.89. The maximum atomic E-state index is 14.4. The number of halogens is 1. The first-order chi connectivity index (χ1) is 16.8. The van der Waals surface area contributed by atoms with Crippen molar-refractivity contribution in [3.8, 4) is 5.69 Å². The first-order valence-corrected chi connectivity index (χ1v) is 11.2. The van der Waals surface area contributed by atoms with Crippen LogP contribution in [0.2, 0.25) is 0 Å². The number of carbonyl (C=O) groups is 1. The fourth-order valence-electron chi connectivity index (χ4n) is 3.71. The lowest BCUT2D eigenvalue weighted by Gasteiger charge is -2.16. The summed E-state index contributed by atoms with van der Waals surface area (Å²) in [6.45, 7) is 5.25. The summed E-state index contributed by atoms with van der Waals surface area (Å²) in [6.07, 6.45) is 0. The summed E-state index contributed by atoms with van der Waals surface area (Å²) in [6, 6.07) is 20.0. The zero-order chi connectivity index (χ0) is 25.1. The number of nitrogens with zero attached hydrogens (tertiary/aromatic N) is 3. The van der Waals surface area contributed by atoms with Gasteiger partial charge in [0.05, 0.1) is 18.3 Å². The molecule has 0 bridgehead atoms. The monoisotopic (exact) mass is 472 g/mol. The molecule has 1 aromatic heterocycles. The summed E-state index contributed by atoms with van der Waals surface area (Å²) < 4.78 is 16.2. The van der Waals surface area contributed by atoms with Gasteiger partial charge in [0.15, 0.2) is 0 Å². The van der Waals surface area contributed by atoms with E-state index in [2.05, 4.69) is 10.4 Å². The van der Waals surface area contributed by atoms with Crippen LogP contribution in [-0.4, -0.2) is 20.3 Å². The first-order valence-electron chi connectivity index (χ1n) is 11.2. The molecule has 4 rings (SSSR count). The molecule has 8 heteroatoms. The number of amides is 1. The van der Waals surface area contributed by atoms with Gasteiger partial charge < -0.3 is 5.32 Å². The van der Waals surface area contributed by atoms with Crippen LogP contribution < -0.4 is 16.6 Å². The number of hydrogen-bond donors (Lipinski definition) is 1. The molecule has 1 N–H and O–H groups in total. The Bertz CT molecular complexity index is 1510. The van der Waals surface area contributed by atoms with Crippen LogP contribution in [0.5, 0.6) is 0 Å². The molecule has 0 aliphatic carbocycles. The largest absolute Gasteiger partial charge is 0.352 e. The highest BCUT2D eigenvalue weighted by Crippen LogP contribution is 2.14. The molecule has 0 spiro atoms. The Kier molecular flexibility index (Phi) is 6.73. The third kappa shape index (κ3) is 4.96. The molecule has 3 aromatic carbocycles. The van der Waals surface area contributed by atoms with Crippen LogP contribution in [-0.2, 0) is 6.54 Å². The van der Waals surface area contributed by atoms with E-state index in [0.717, 1.165) is 25.9 Å². The van der Waals surface area contributed by atoms with Crippen LogP contribution in [0.15, 0.2) is 82.4 Å². The maximum Gasteiger partial charge on any atom is 0.352 e. The van der Waals surface area contributed by atoms with Gasteiger partial charge in [0.25, 0.3) is 11.5 Å². The van der Waals surface area contributed by atoms with E-state index in [1.807, 2.05) is 50.2 Å². The van der Waals surface area contributed by atoms with Crippen molar-refractivity contribution in [3.63, 3.8) is 0 Å². The van der Waals surface area contributed by atoms with E-state index < -0.39 is 34.7 Å². The fourth-order valence-corrected chi connectivity index (χ4v) is 3.71. The predicted octanol–water partition coefficient (Wildman–Crippen LogP) is 3.69. The van der Waals surface area contributed by atoms with Gasteiger partial charge in [-0.2, -0.15) is 9.78 Å². The summed E-state index contributed by atoms with van der Waals surface area (Å²) in [5, 5.41) is 6.92. The summed E-state index contributed by atoms with van der Waals surface area (Å²) in [5.41, 5.74) is 1.18. The van der Waals surface area contributed by atoms with Crippen LogP contribution in [0.1, 0.15) is 45.7 Å². The van der Waals surface area contributed by atoms with Crippen molar-refractivity contribution in [2.75, 3.05) is 0 Å². The Morgan fingerprint density at radius 2 is 1.66 bits per heavy atom. The zero-order valence-electron chi connectivity index (χ0n) is 19.7. The van der Waals surface area contributed by atoms with Gasteiger partial charge in [-0.05, 0) is 55.7 Å². The average Bonchev–Trinajstić information content (AvgIpc) is 2.85. The van der Waals surface area contributed by atoms with Gasteiger partial charge in [-0.25, -0.2) is 9.18 Å². The Morgan fingerprint density at radius 3 is 2.34 bits per heavy atom. The van der Waals surface area contributed by atoms with Crippen molar-refractivity contribution < 1.29 is 9.18 Å². The summed E-state index contributed by atoms with van der Waals surface area (Å²) in [4.78, 5) is 39.8. The minimum atomic E-state index is -0.893. The molecule has 1 atom stereocenters. The molecule has 7 nitrogen and oxygen atoms in total. The van der Waals surface area contributed by atoms with Crippen LogP contribution in [0, 0.1) is 19.7 Å². The van der Waals surface area contributed by atoms with E-state index in [9.17, 15) is 18.8 Å². The van der Waals surface area contributed by atoms with Gasteiger partial charge in [-0.15, -0.1) is 0 Å². The molecule has 1 heterocycles. The molecule has 0 fully saturated rings. The van der Waals surface area contributed by atoms with Crippen LogP contribution >= 0.6 is 0 Å². The quantitative estimate of drug-likeness (QED) is 0.464. The van der Waals surface area contributed by atoms with Crippen molar-refractivity contribution >= 4 is 5.91 Å². The van der Waals surface area contributed by atoms with Crippen LogP contribution in [0.3, 0.4) is 0 Å². The molecular formula is C27H25FN4O3. The first kappa shape index (κ1) is 23.8. The lowest BCUT2D eigenvalue weighted by molar-refractivity contribution is 0.0930. The topological polar surface area (TPSA) is 86.0 Å². The van der Waals surface area contributed by atoms with Gasteiger partial charge in [-0.3, -0.25) is 14.2 Å². The number of carbonyl (C=O) groups excluding carboxylic acids is 1. The highest BCUT2D eigenvalue weighted by atomic mass is 19.1. The predicted molar refractivity (Wildman–Crippen MR) is 131 cm³/mol. The SMILES string of the molecule is Cc1ccc(-n2nc(C(=O)N[C@@H](C)c3ccccc3)c(=O)n(Cc3ccccc3F)c2=O)cc1C. The second-order valence-electron chi connectivity index (χ2n) is 8.40. The Balaban J connectivity index is 1.84. The molecule has 4 aromatic rings. The average molecular weight is 473 g/mol. The van der Waals surface area contributed by atoms with E-state index in [1.165, 1.54) is 18.2 Å². The van der Waals surface area contributed by atoms with Crippen molar-refractivity contribution in [3.05, 3.63) is 127 Å². The number of nitrogens with one attached hydrogen (secondary N) is 1. The van der Waals surface area contributed by atoms with E-state index in [1.54, 1.807) is 25.1 Å². The van der Waals surface area contributed by atoms with Gasteiger partial charge in [0.1, 0.15) is 5.82 Å². The standard InChI is InChI=1S/C27H25FN4O3/c1-17-13-14-22(15-18(17)2)32-27(35)31(16-21-11-7-8-12-23(21)28)26(34)24(30-32)25(33)29-19(3)20-9-5-4-6-10-20/h4-15,19H,16H2,1-3H3,(H,29,33)/t19-/m0/s1. The molecule has 178 valence electrons. The summed E-state index contributed by atoms with van der Waals surface area (Å²) in [5.74, 6) is -1.29. The van der Waals surface area contributed by atoms with Crippen molar-refractivity contribution in [1.29, 1.82) is 0 Å². The lowest BCUT2D eigenvalue weighted by Crippen LogP contribution is -2.46. The van der Waals surface area contributed by atoms with E-state index in [0.29, 0.717) is 5.69 Å². The van der Waals surface area contributed by atoms with Crippen LogP contribution in [0.25, 0.3) is 5.69 Å². The fraction of sp³-hybridized carbons (Fsp3) is 0.185. The molecule has 0 aliphatic rings. The van der Waals surface area contributed by atoms with Gasteiger partial charge in [0, 0.05) is 5.56 Å². The Morgan fingerprint density at radius 1 is 0.971 bits per heavy atom. The lowest BCUT2D eigenvalue weighted by atomic mass is 10.1. The molecule has 35 heavy (non-hydrogen) atoms. The third-order valence-corrected chi connectivity index (χ3v) is 5.94. The molecule has 0 aliphatic heterocycles. The van der Waals surface area contributed by atoms with E-state index >= 15 is 0 Å². The van der Waals surface area contributed by atoms with Crippen molar-refractivity contribution in [2.24, 2.45) is 0 Å². The van der Waals surface area contributed by atoms with Crippen molar-refractivity contribution in [2.45, 2.75) is 33.4 Å². The summed E-state index contributed by atoms with van der Waals surface area (Å²) >= 11 is 0. The number of rotatable bonds is 6. The van der Waals surface area contributed by atoms with Crippen molar-refractivity contribution in [1.82, 2.24) is 19.7 Å².